The highest BCUT2D eigenvalue weighted by Crippen LogP contribution is 2.39. The molecule has 22 heavy (non-hydrogen) atoms. The second kappa shape index (κ2) is 9.57. The Balaban J connectivity index is 0.00000242. The molecule has 1 aliphatic heterocycles. The number of nitrogens with zero attached hydrogens (tertiary/aromatic N) is 1. The molecule has 0 amide bonds. The quantitative estimate of drug-likeness (QED) is 0.773. The number of methoxy groups -OCH3 is 2. The summed E-state index contributed by atoms with van der Waals surface area (Å²) in [6.45, 7) is 4.02. The van der Waals surface area contributed by atoms with E-state index in [0.717, 1.165) is 47.7 Å². The molecule has 1 saturated heterocycles. The van der Waals surface area contributed by atoms with Crippen LogP contribution in [-0.2, 0) is 0 Å². The molecule has 0 spiro atoms. The van der Waals surface area contributed by atoms with Crippen LogP contribution < -0.4 is 14.8 Å². The maximum Gasteiger partial charge on any atom is 0.133 e. The Hall–Kier alpha value is -0.530. The lowest BCUT2D eigenvalue weighted by Gasteiger charge is -2.35. The van der Waals surface area contributed by atoms with Crippen LogP contribution in [0.5, 0.6) is 11.5 Å². The number of hydrogen-bond donors (Lipinski definition) is 2. The molecule has 0 aliphatic carbocycles. The number of halogens is 2. The summed E-state index contributed by atoms with van der Waals surface area (Å²) in [5.41, 5.74) is 1.06. The van der Waals surface area contributed by atoms with Gasteiger partial charge >= 0.3 is 0 Å². The van der Waals surface area contributed by atoms with Crippen LogP contribution in [0.1, 0.15) is 18.0 Å². The zero-order chi connectivity index (χ0) is 15.2. The Kier molecular flexibility index (Phi) is 8.49. The molecule has 2 N–H and O–H groups in total. The summed E-state index contributed by atoms with van der Waals surface area (Å²) in [6.07, 6.45) is 0.682. The lowest BCUT2D eigenvalue weighted by atomic mass is 10.00. The summed E-state index contributed by atoms with van der Waals surface area (Å²) < 4.78 is 11.8. The highest BCUT2D eigenvalue weighted by molar-refractivity contribution is 9.10. The number of rotatable bonds is 6. The standard InChI is InChI=1S/C15H23BrN2O3.ClH/c1-20-14-10-12(16)15(21-2)9-11(14)13(3-8-19)18-6-4-17-5-7-18;/h9-10,13,17,19H,3-8H2,1-2H3;1H/t13-;/m0./s1. The Morgan fingerprint density at radius 2 is 1.86 bits per heavy atom. The molecular formula is C15H24BrClN2O3. The molecule has 5 nitrogen and oxygen atoms in total. The van der Waals surface area contributed by atoms with Crippen LogP contribution in [-0.4, -0.2) is 57.0 Å². The molecule has 1 aromatic carbocycles. The minimum Gasteiger partial charge on any atom is -0.496 e. The van der Waals surface area contributed by atoms with Crippen LogP contribution in [0.25, 0.3) is 0 Å². The Bertz CT molecular complexity index is 470. The summed E-state index contributed by atoms with van der Waals surface area (Å²) in [6, 6.07) is 4.07. The number of hydrogen-bond acceptors (Lipinski definition) is 5. The Morgan fingerprint density at radius 1 is 1.23 bits per heavy atom. The van der Waals surface area contributed by atoms with Crippen LogP contribution in [0, 0.1) is 0 Å². The number of benzene rings is 1. The van der Waals surface area contributed by atoms with Gasteiger partial charge in [0.25, 0.3) is 0 Å². The zero-order valence-corrected chi connectivity index (χ0v) is 15.4. The van der Waals surface area contributed by atoms with Gasteiger partial charge in [0.15, 0.2) is 0 Å². The van der Waals surface area contributed by atoms with Crippen molar-refractivity contribution >= 4 is 28.3 Å². The van der Waals surface area contributed by atoms with E-state index in [1.54, 1.807) is 14.2 Å². The third-order valence-corrected chi connectivity index (χ3v) is 4.48. The first-order chi connectivity index (χ1) is 10.2. The van der Waals surface area contributed by atoms with Gasteiger partial charge in [-0.3, -0.25) is 4.90 Å². The second-order valence-electron chi connectivity index (χ2n) is 5.04. The topological polar surface area (TPSA) is 54.0 Å². The SMILES string of the molecule is COc1cc([C@H](CCO)N2CCNCC2)c(OC)cc1Br.Cl. The van der Waals surface area contributed by atoms with E-state index in [9.17, 15) is 5.11 Å². The lowest BCUT2D eigenvalue weighted by Crippen LogP contribution is -2.45. The van der Waals surface area contributed by atoms with E-state index in [1.807, 2.05) is 12.1 Å². The van der Waals surface area contributed by atoms with Gasteiger partial charge < -0.3 is 19.9 Å². The molecule has 0 radical (unpaired) electrons. The van der Waals surface area contributed by atoms with Crippen molar-refractivity contribution in [1.82, 2.24) is 10.2 Å². The largest absolute Gasteiger partial charge is 0.496 e. The third-order valence-electron chi connectivity index (χ3n) is 3.86. The monoisotopic (exact) mass is 394 g/mol. The first-order valence-corrected chi connectivity index (χ1v) is 7.97. The minimum absolute atomic E-state index is 0. The number of aliphatic hydroxyl groups excluding tert-OH is 1. The van der Waals surface area contributed by atoms with E-state index in [4.69, 9.17) is 9.47 Å². The van der Waals surface area contributed by atoms with Gasteiger partial charge in [0.05, 0.1) is 18.7 Å². The summed E-state index contributed by atoms with van der Waals surface area (Å²) in [5, 5.41) is 12.8. The average Bonchev–Trinajstić information content (AvgIpc) is 2.53. The molecule has 126 valence electrons. The summed E-state index contributed by atoms with van der Waals surface area (Å²) in [5.74, 6) is 1.60. The molecular weight excluding hydrogens is 372 g/mol. The van der Waals surface area contributed by atoms with Crippen LogP contribution >= 0.6 is 28.3 Å². The van der Waals surface area contributed by atoms with E-state index < -0.39 is 0 Å². The van der Waals surface area contributed by atoms with Gasteiger partial charge in [-0.25, -0.2) is 0 Å². The lowest BCUT2D eigenvalue weighted by molar-refractivity contribution is 0.138. The molecule has 1 heterocycles. The fraction of sp³-hybridized carbons (Fsp3) is 0.600. The molecule has 1 fully saturated rings. The molecule has 0 aromatic heterocycles. The molecule has 1 aromatic rings. The normalized spacial score (nSPS) is 16.7. The highest BCUT2D eigenvalue weighted by Gasteiger charge is 2.25. The molecule has 0 unspecified atom stereocenters. The zero-order valence-electron chi connectivity index (χ0n) is 13.0. The van der Waals surface area contributed by atoms with Crippen LogP contribution in [0.4, 0.5) is 0 Å². The van der Waals surface area contributed by atoms with Crippen molar-refractivity contribution in [3.05, 3.63) is 22.2 Å². The molecule has 1 atom stereocenters. The van der Waals surface area contributed by atoms with E-state index in [-0.39, 0.29) is 25.1 Å². The maximum atomic E-state index is 9.45. The van der Waals surface area contributed by atoms with Crippen LogP contribution in [0.15, 0.2) is 16.6 Å². The van der Waals surface area contributed by atoms with Crippen molar-refractivity contribution < 1.29 is 14.6 Å². The molecule has 0 bridgehead atoms. The Morgan fingerprint density at radius 3 is 2.41 bits per heavy atom. The average molecular weight is 396 g/mol. The predicted molar refractivity (Wildman–Crippen MR) is 93.4 cm³/mol. The summed E-state index contributed by atoms with van der Waals surface area (Å²) in [7, 11) is 3.33. The van der Waals surface area contributed by atoms with Gasteiger partial charge in [-0.15, -0.1) is 12.4 Å². The van der Waals surface area contributed by atoms with E-state index in [1.165, 1.54) is 0 Å². The fourth-order valence-electron chi connectivity index (χ4n) is 2.80. The summed E-state index contributed by atoms with van der Waals surface area (Å²) in [4.78, 5) is 2.39. The number of ether oxygens (including phenoxy) is 2. The van der Waals surface area contributed by atoms with Gasteiger partial charge in [0, 0.05) is 44.4 Å². The van der Waals surface area contributed by atoms with Crippen molar-refractivity contribution in [2.75, 3.05) is 47.0 Å². The smallest absolute Gasteiger partial charge is 0.133 e. The number of piperazine rings is 1. The highest BCUT2D eigenvalue weighted by atomic mass is 79.9. The maximum absolute atomic E-state index is 9.45. The van der Waals surface area contributed by atoms with E-state index in [2.05, 4.69) is 26.1 Å². The number of aliphatic hydroxyl groups is 1. The molecule has 2 rings (SSSR count). The van der Waals surface area contributed by atoms with Gasteiger partial charge in [-0.2, -0.15) is 0 Å². The van der Waals surface area contributed by atoms with E-state index >= 15 is 0 Å². The molecule has 0 saturated carbocycles. The van der Waals surface area contributed by atoms with Crippen LogP contribution in [0.3, 0.4) is 0 Å². The van der Waals surface area contributed by atoms with Gasteiger partial charge in [0.2, 0.25) is 0 Å². The third kappa shape index (κ3) is 4.49. The molecule has 7 heteroatoms. The van der Waals surface area contributed by atoms with Crippen molar-refractivity contribution in [3.63, 3.8) is 0 Å². The van der Waals surface area contributed by atoms with Crippen molar-refractivity contribution in [3.8, 4) is 11.5 Å². The summed E-state index contributed by atoms with van der Waals surface area (Å²) >= 11 is 3.49. The first kappa shape index (κ1) is 19.5. The fourth-order valence-corrected chi connectivity index (χ4v) is 3.28. The van der Waals surface area contributed by atoms with Gasteiger partial charge in [-0.05, 0) is 34.5 Å². The van der Waals surface area contributed by atoms with E-state index in [0.29, 0.717) is 6.42 Å². The molecule has 1 aliphatic rings. The Labute approximate surface area is 146 Å². The second-order valence-corrected chi connectivity index (χ2v) is 5.90. The first-order valence-electron chi connectivity index (χ1n) is 7.18. The predicted octanol–water partition coefficient (Wildman–Crippen LogP) is 2.22. The van der Waals surface area contributed by atoms with Crippen molar-refractivity contribution in [2.45, 2.75) is 12.5 Å². The van der Waals surface area contributed by atoms with Gasteiger partial charge in [0.1, 0.15) is 11.5 Å². The van der Waals surface area contributed by atoms with Crippen molar-refractivity contribution in [1.29, 1.82) is 0 Å². The van der Waals surface area contributed by atoms with Gasteiger partial charge in [-0.1, -0.05) is 0 Å². The minimum atomic E-state index is 0. The number of nitrogens with one attached hydrogen (secondary N) is 1. The van der Waals surface area contributed by atoms with Crippen LogP contribution in [0.2, 0.25) is 0 Å². The van der Waals surface area contributed by atoms with Crippen molar-refractivity contribution in [2.24, 2.45) is 0 Å².